The van der Waals surface area contributed by atoms with Crippen molar-refractivity contribution >= 4 is 40.5 Å². The number of ether oxygens (including phenoxy) is 1. The van der Waals surface area contributed by atoms with Crippen LogP contribution in [0, 0.1) is 0 Å². The fourth-order valence-corrected chi connectivity index (χ4v) is 2.96. The first kappa shape index (κ1) is 19.6. The third-order valence-corrected chi connectivity index (χ3v) is 4.47. The summed E-state index contributed by atoms with van der Waals surface area (Å²) in [6.45, 7) is 2.63. The van der Waals surface area contributed by atoms with E-state index in [4.69, 9.17) is 27.9 Å². The number of carbonyl (C=O) groups is 1. The molecule has 0 aliphatic heterocycles. The van der Waals surface area contributed by atoms with Gasteiger partial charge in [-0.25, -0.2) is 0 Å². The quantitative estimate of drug-likeness (QED) is 0.404. The Labute approximate surface area is 159 Å². The van der Waals surface area contributed by atoms with Crippen molar-refractivity contribution in [1.82, 2.24) is 0 Å². The highest BCUT2D eigenvalue weighted by Crippen LogP contribution is 2.33. The fourth-order valence-electron chi connectivity index (χ4n) is 2.47. The third-order valence-electron chi connectivity index (χ3n) is 3.84. The number of rotatable bonds is 9. The van der Waals surface area contributed by atoms with E-state index in [-0.39, 0.29) is 12.4 Å². The smallest absolute Gasteiger partial charge is 0.310 e. The molecule has 0 atom stereocenters. The second-order valence-electron chi connectivity index (χ2n) is 5.84. The van der Waals surface area contributed by atoms with Gasteiger partial charge in [-0.3, -0.25) is 4.79 Å². The summed E-state index contributed by atoms with van der Waals surface area (Å²) in [6, 6.07) is 12.9. The summed E-state index contributed by atoms with van der Waals surface area (Å²) >= 11 is 12.4. The maximum atomic E-state index is 12.1. The van der Waals surface area contributed by atoms with Crippen molar-refractivity contribution in [2.75, 3.05) is 11.9 Å². The number of unbranched alkanes of at least 4 members (excludes halogenated alkanes) is 3. The minimum atomic E-state index is -0.226. The fraction of sp³-hybridized carbons (Fsp3) is 0.350. The number of anilines is 2. The van der Waals surface area contributed by atoms with Gasteiger partial charge in [0.1, 0.15) is 0 Å². The monoisotopic (exact) mass is 379 g/mol. The van der Waals surface area contributed by atoms with Gasteiger partial charge >= 0.3 is 5.97 Å². The number of nitrogens with one attached hydrogen (secondary N) is 1. The van der Waals surface area contributed by atoms with Gasteiger partial charge in [-0.2, -0.15) is 0 Å². The highest BCUT2D eigenvalue weighted by atomic mass is 35.5. The van der Waals surface area contributed by atoms with Crippen LogP contribution in [0.5, 0.6) is 0 Å². The lowest BCUT2D eigenvalue weighted by Gasteiger charge is -2.14. The van der Waals surface area contributed by atoms with Crippen LogP contribution in [0.25, 0.3) is 0 Å². The molecule has 1 N–H and O–H groups in total. The average molecular weight is 380 g/mol. The second kappa shape index (κ2) is 10.3. The van der Waals surface area contributed by atoms with E-state index in [2.05, 4.69) is 12.2 Å². The second-order valence-corrected chi connectivity index (χ2v) is 6.65. The summed E-state index contributed by atoms with van der Waals surface area (Å²) in [6.07, 6.45) is 4.54. The number of hydrogen-bond acceptors (Lipinski definition) is 3. The van der Waals surface area contributed by atoms with E-state index in [1.54, 1.807) is 18.2 Å². The first-order valence-corrected chi connectivity index (χ1v) is 9.32. The van der Waals surface area contributed by atoms with E-state index in [9.17, 15) is 4.79 Å². The first-order chi connectivity index (χ1) is 12.1. The van der Waals surface area contributed by atoms with Gasteiger partial charge < -0.3 is 10.1 Å². The minimum Gasteiger partial charge on any atom is -0.465 e. The SMILES string of the molecule is CCCCCCOC(=O)Cc1ccccc1Nc1c(Cl)cccc1Cl. The van der Waals surface area contributed by atoms with Crippen molar-refractivity contribution in [2.24, 2.45) is 0 Å². The Morgan fingerprint density at radius 2 is 1.72 bits per heavy atom. The van der Waals surface area contributed by atoms with Gasteiger partial charge in [-0.05, 0) is 30.2 Å². The summed E-state index contributed by atoms with van der Waals surface area (Å²) < 4.78 is 5.33. The van der Waals surface area contributed by atoms with Gasteiger partial charge in [0.05, 0.1) is 28.8 Å². The predicted octanol–water partition coefficient (Wildman–Crippen LogP) is 6.40. The van der Waals surface area contributed by atoms with Gasteiger partial charge in [0.2, 0.25) is 0 Å². The van der Waals surface area contributed by atoms with Crippen LogP contribution < -0.4 is 5.32 Å². The molecule has 0 aromatic heterocycles. The van der Waals surface area contributed by atoms with Crippen molar-refractivity contribution in [3.05, 3.63) is 58.1 Å². The molecule has 0 unspecified atom stereocenters. The Morgan fingerprint density at radius 1 is 1.00 bits per heavy atom. The molecule has 25 heavy (non-hydrogen) atoms. The molecule has 0 saturated heterocycles. The largest absolute Gasteiger partial charge is 0.465 e. The Morgan fingerprint density at radius 3 is 2.44 bits per heavy atom. The van der Waals surface area contributed by atoms with Crippen LogP contribution in [0.4, 0.5) is 11.4 Å². The molecule has 0 fully saturated rings. The van der Waals surface area contributed by atoms with Crippen LogP contribution in [-0.2, 0) is 16.0 Å². The lowest BCUT2D eigenvalue weighted by atomic mass is 10.1. The van der Waals surface area contributed by atoms with E-state index in [0.717, 1.165) is 30.5 Å². The van der Waals surface area contributed by atoms with Crippen LogP contribution >= 0.6 is 23.2 Å². The van der Waals surface area contributed by atoms with E-state index >= 15 is 0 Å². The molecule has 0 saturated carbocycles. The van der Waals surface area contributed by atoms with E-state index in [1.807, 2.05) is 24.3 Å². The normalized spacial score (nSPS) is 10.5. The number of hydrogen-bond donors (Lipinski definition) is 1. The Hall–Kier alpha value is -1.71. The van der Waals surface area contributed by atoms with Gasteiger partial charge in [0.15, 0.2) is 0 Å². The van der Waals surface area contributed by atoms with E-state index in [1.165, 1.54) is 6.42 Å². The number of carbonyl (C=O) groups excluding carboxylic acids is 1. The topological polar surface area (TPSA) is 38.3 Å². The Bertz CT molecular complexity index is 684. The van der Waals surface area contributed by atoms with Crippen LogP contribution in [-0.4, -0.2) is 12.6 Å². The summed E-state index contributed by atoms with van der Waals surface area (Å²) in [7, 11) is 0. The van der Waals surface area contributed by atoms with Crippen molar-refractivity contribution in [2.45, 2.75) is 39.0 Å². The van der Waals surface area contributed by atoms with Gasteiger partial charge in [-0.15, -0.1) is 0 Å². The van der Waals surface area contributed by atoms with Crippen molar-refractivity contribution in [3.63, 3.8) is 0 Å². The molecule has 0 aliphatic carbocycles. The minimum absolute atomic E-state index is 0.207. The predicted molar refractivity (Wildman–Crippen MR) is 105 cm³/mol. The lowest BCUT2D eigenvalue weighted by Crippen LogP contribution is -2.10. The Balaban J connectivity index is 1.99. The van der Waals surface area contributed by atoms with Gasteiger partial charge in [0, 0.05) is 5.69 Å². The number of halogens is 2. The first-order valence-electron chi connectivity index (χ1n) is 8.56. The van der Waals surface area contributed by atoms with Crippen LogP contribution in [0.3, 0.4) is 0 Å². The summed E-state index contributed by atoms with van der Waals surface area (Å²) in [5.74, 6) is -0.226. The molecule has 2 aromatic carbocycles. The van der Waals surface area contributed by atoms with Crippen LogP contribution in [0.2, 0.25) is 10.0 Å². The zero-order chi connectivity index (χ0) is 18.1. The molecule has 0 radical (unpaired) electrons. The summed E-state index contributed by atoms with van der Waals surface area (Å²) in [5.41, 5.74) is 2.27. The van der Waals surface area contributed by atoms with Gasteiger partial charge in [0.25, 0.3) is 0 Å². The molecule has 0 spiro atoms. The third kappa shape index (κ3) is 6.26. The number of esters is 1. The zero-order valence-electron chi connectivity index (χ0n) is 14.4. The molecule has 0 amide bonds. The molecule has 0 heterocycles. The molecule has 134 valence electrons. The number of para-hydroxylation sites is 2. The zero-order valence-corrected chi connectivity index (χ0v) is 15.9. The molecular formula is C20H23Cl2NO2. The molecular weight excluding hydrogens is 357 g/mol. The van der Waals surface area contributed by atoms with E-state index in [0.29, 0.717) is 22.3 Å². The maximum Gasteiger partial charge on any atom is 0.310 e. The number of benzene rings is 2. The van der Waals surface area contributed by atoms with Gasteiger partial charge in [-0.1, -0.05) is 73.7 Å². The van der Waals surface area contributed by atoms with Crippen molar-refractivity contribution in [1.29, 1.82) is 0 Å². The standard InChI is InChI=1S/C20H23Cl2NO2/c1-2-3-4-7-13-25-19(24)14-15-9-5-6-12-18(15)23-20-16(21)10-8-11-17(20)22/h5-6,8-12,23H,2-4,7,13-14H2,1H3. The van der Waals surface area contributed by atoms with Crippen LogP contribution in [0.1, 0.15) is 38.2 Å². The highest BCUT2D eigenvalue weighted by Gasteiger charge is 2.12. The van der Waals surface area contributed by atoms with Crippen molar-refractivity contribution in [3.8, 4) is 0 Å². The lowest BCUT2D eigenvalue weighted by molar-refractivity contribution is -0.142. The Kier molecular flexibility index (Phi) is 8.10. The molecule has 5 heteroatoms. The van der Waals surface area contributed by atoms with E-state index < -0.39 is 0 Å². The molecule has 0 bridgehead atoms. The highest BCUT2D eigenvalue weighted by molar-refractivity contribution is 6.39. The summed E-state index contributed by atoms with van der Waals surface area (Å²) in [4.78, 5) is 12.1. The average Bonchev–Trinajstić information content (AvgIpc) is 2.59. The summed E-state index contributed by atoms with van der Waals surface area (Å²) in [5, 5.41) is 4.28. The van der Waals surface area contributed by atoms with Crippen LogP contribution in [0.15, 0.2) is 42.5 Å². The molecule has 3 nitrogen and oxygen atoms in total. The molecule has 2 aromatic rings. The molecule has 0 aliphatic rings. The maximum absolute atomic E-state index is 12.1. The van der Waals surface area contributed by atoms with Crippen molar-refractivity contribution < 1.29 is 9.53 Å². The molecule has 2 rings (SSSR count).